The summed E-state index contributed by atoms with van der Waals surface area (Å²) in [7, 11) is 0. The van der Waals surface area contributed by atoms with Gasteiger partial charge in [0, 0.05) is 22.3 Å². The molecule has 0 fully saturated rings. The van der Waals surface area contributed by atoms with E-state index < -0.39 is 28.9 Å². The second kappa shape index (κ2) is 14.0. The molecule has 2 aliphatic rings. The van der Waals surface area contributed by atoms with Crippen LogP contribution in [0.5, 0.6) is 11.5 Å². The number of hydrogen-bond acceptors (Lipinski definition) is 5. The maximum absolute atomic E-state index is 13.7. The minimum atomic E-state index is -4.51. The molecule has 64 heavy (non-hydrogen) atoms. The molecular formula is C53H28F6N2OS2. The van der Waals surface area contributed by atoms with Crippen LogP contribution < -0.4 is 4.74 Å². The topological polar surface area (TPSA) is 35.0 Å². The van der Waals surface area contributed by atoms with Gasteiger partial charge in [0.1, 0.15) is 21.5 Å². The van der Waals surface area contributed by atoms with Gasteiger partial charge in [-0.05, 0) is 117 Å². The second-order valence-corrected chi connectivity index (χ2v) is 18.0. The average Bonchev–Trinajstić information content (AvgIpc) is 4.02. The van der Waals surface area contributed by atoms with Gasteiger partial charge >= 0.3 is 12.4 Å². The first-order chi connectivity index (χ1) is 30.9. The van der Waals surface area contributed by atoms with Crippen molar-refractivity contribution in [2.75, 3.05) is 0 Å². The maximum atomic E-state index is 13.7. The Bertz CT molecular complexity index is 3380. The van der Waals surface area contributed by atoms with E-state index in [4.69, 9.17) is 14.7 Å². The lowest BCUT2D eigenvalue weighted by atomic mass is 9.66. The summed E-state index contributed by atoms with van der Waals surface area (Å²) in [6, 6.07) is 52.6. The number of alkyl halides is 6. The number of nitrogens with zero attached hydrogens (tertiary/aromatic N) is 2. The number of ether oxygens (including phenoxy) is 1. The highest BCUT2D eigenvalue weighted by Crippen LogP contribution is 2.62. The average molecular weight is 887 g/mol. The summed E-state index contributed by atoms with van der Waals surface area (Å²) in [5, 5.41) is 0.998. The SMILES string of the molecule is FC(F)(F)c1ccc2nc(-c3cc(-c4ccc(-c5ccc6c(c5)C5(c7ccccc7Oc7ccccc75)c5ccccc5-6)cc4)cc(-c4nc5ccc(C(F)(F)F)cc5s4)c3)sc2c1. The Morgan fingerprint density at radius 1 is 0.391 bits per heavy atom. The van der Waals surface area contributed by atoms with Gasteiger partial charge in [0.15, 0.2) is 0 Å². The van der Waals surface area contributed by atoms with E-state index in [1.165, 1.54) is 23.3 Å². The second-order valence-electron chi connectivity index (χ2n) is 15.9. The number of hydrogen-bond donors (Lipinski definition) is 0. The number of aromatic nitrogens is 2. The highest BCUT2D eigenvalue weighted by molar-refractivity contribution is 7.22. The van der Waals surface area contributed by atoms with Gasteiger partial charge in [-0.15, -0.1) is 22.7 Å². The smallest absolute Gasteiger partial charge is 0.416 e. The molecule has 310 valence electrons. The summed E-state index contributed by atoms with van der Waals surface area (Å²) in [6.45, 7) is 0. The molecule has 2 aromatic heterocycles. The lowest BCUT2D eigenvalue weighted by Crippen LogP contribution is -2.32. The van der Waals surface area contributed by atoms with E-state index >= 15 is 0 Å². The van der Waals surface area contributed by atoms with Crippen molar-refractivity contribution in [2.45, 2.75) is 17.8 Å². The van der Waals surface area contributed by atoms with Gasteiger partial charge in [0.2, 0.25) is 0 Å². The largest absolute Gasteiger partial charge is 0.457 e. The van der Waals surface area contributed by atoms with Gasteiger partial charge in [0.25, 0.3) is 0 Å². The van der Waals surface area contributed by atoms with Crippen LogP contribution in [0.25, 0.3) is 75.0 Å². The Morgan fingerprint density at radius 2 is 0.844 bits per heavy atom. The quantitative estimate of drug-likeness (QED) is 0.165. The molecule has 11 heteroatoms. The first-order valence-corrected chi connectivity index (χ1v) is 21.9. The Balaban J connectivity index is 0.978. The molecule has 0 unspecified atom stereocenters. The molecule has 0 bridgehead atoms. The standard InChI is InChI=1S/C53H28F6N2OS2/c54-52(55,56)35-18-21-43-47(27-35)63-49(60-43)33-23-32(24-34(25-33)50-61-44-22-19-36(53(57,58)59)28-48(44)64-50)30-15-13-29(14-16-30)31-17-20-38-37-7-1-2-8-39(37)51(42(38)26-31)40-9-3-5-11-45(40)62-46-12-6-4-10-41(46)51/h1-28H. The molecule has 1 aliphatic heterocycles. The van der Waals surface area contributed by atoms with Crippen molar-refractivity contribution < 1.29 is 31.1 Å². The van der Waals surface area contributed by atoms with Gasteiger partial charge in [0.05, 0.1) is 37.0 Å². The Hall–Kier alpha value is -7.08. The minimum absolute atomic E-state index is 0.382. The third kappa shape index (κ3) is 6.02. The summed E-state index contributed by atoms with van der Waals surface area (Å²) in [4.78, 5) is 9.44. The summed E-state index contributed by atoms with van der Waals surface area (Å²) in [5.74, 6) is 1.63. The van der Waals surface area contributed by atoms with Gasteiger partial charge in [-0.2, -0.15) is 26.3 Å². The van der Waals surface area contributed by atoms with Crippen LogP contribution in [0.15, 0.2) is 170 Å². The van der Waals surface area contributed by atoms with Crippen molar-refractivity contribution >= 4 is 43.1 Å². The first kappa shape index (κ1) is 38.6. The molecule has 0 amide bonds. The molecule has 1 aliphatic carbocycles. The van der Waals surface area contributed by atoms with E-state index in [-0.39, 0.29) is 0 Å². The third-order valence-corrected chi connectivity index (χ3v) is 14.4. The van der Waals surface area contributed by atoms with E-state index in [1.54, 1.807) is 0 Å². The van der Waals surface area contributed by atoms with Crippen LogP contribution in [0.4, 0.5) is 26.3 Å². The number of halogens is 6. The molecular weight excluding hydrogens is 859 g/mol. The zero-order chi connectivity index (χ0) is 43.5. The zero-order valence-electron chi connectivity index (χ0n) is 33.1. The number of para-hydroxylation sites is 2. The fraction of sp³-hybridized carbons (Fsp3) is 0.0566. The van der Waals surface area contributed by atoms with Crippen LogP contribution in [-0.2, 0) is 17.8 Å². The molecule has 0 N–H and O–H groups in total. The van der Waals surface area contributed by atoms with Crippen molar-refractivity contribution in [2.24, 2.45) is 0 Å². The maximum Gasteiger partial charge on any atom is 0.416 e. The van der Waals surface area contributed by atoms with Crippen LogP contribution in [0.2, 0.25) is 0 Å². The molecule has 0 saturated carbocycles. The van der Waals surface area contributed by atoms with Crippen LogP contribution in [0.1, 0.15) is 33.4 Å². The van der Waals surface area contributed by atoms with Crippen LogP contribution in [-0.4, -0.2) is 9.97 Å². The fourth-order valence-corrected chi connectivity index (χ4v) is 11.4. The lowest BCUT2D eigenvalue weighted by molar-refractivity contribution is -0.138. The number of fused-ring (bicyclic) bond motifs is 11. The van der Waals surface area contributed by atoms with Gasteiger partial charge in [-0.1, -0.05) is 97.1 Å². The summed E-state index contributed by atoms with van der Waals surface area (Å²) >= 11 is 2.29. The van der Waals surface area contributed by atoms with Crippen molar-refractivity contribution in [1.82, 2.24) is 9.97 Å². The summed E-state index contributed by atoms with van der Waals surface area (Å²) < 4.78 is 89.2. The molecule has 0 saturated heterocycles. The highest BCUT2D eigenvalue weighted by Gasteiger charge is 2.51. The zero-order valence-corrected chi connectivity index (χ0v) is 34.7. The van der Waals surface area contributed by atoms with E-state index in [9.17, 15) is 26.3 Å². The predicted octanol–water partition coefficient (Wildman–Crippen LogP) is 16.1. The molecule has 8 aromatic carbocycles. The van der Waals surface area contributed by atoms with Gasteiger partial charge in [-0.25, -0.2) is 9.97 Å². The Morgan fingerprint density at radius 3 is 1.39 bits per heavy atom. The molecule has 0 radical (unpaired) electrons. The number of benzene rings is 8. The fourth-order valence-electron chi connectivity index (χ4n) is 9.38. The molecule has 10 aromatic rings. The monoisotopic (exact) mass is 886 g/mol. The first-order valence-electron chi connectivity index (χ1n) is 20.3. The van der Waals surface area contributed by atoms with Crippen molar-refractivity contribution in [3.8, 4) is 66.0 Å². The highest BCUT2D eigenvalue weighted by atomic mass is 32.1. The van der Waals surface area contributed by atoms with Crippen molar-refractivity contribution in [3.63, 3.8) is 0 Å². The van der Waals surface area contributed by atoms with E-state index in [0.717, 1.165) is 103 Å². The normalized spacial score (nSPS) is 13.7. The predicted molar refractivity (Wildman–Crippen MR) is 242 cm³/mol. The van der Waals surface area contributed by atoms with Crippen LogP contribution in [0.3, 0.4) is 0 Å². The Labute approximate surface area is 369 Å². The van der Waals surface area contributed by atoms with E-state index in [0.29, 0.717) is 41.6 Å². The number of thiazole rings is 2. The van der Waals surface area contributed by atoms with E-state index in [1.807, 2.05) is 54.6 Å². The minimum Gasteiger partial charge on any atom is -0.457 e. The van der Waals surface area contributed by atoms with Crippen LogP contribution >= 0.6 is 22.7 Å². The molecule has 1 spiro atoms. The van der Waals surface area contributed by atoms with Crippen LogP contribution in [0, 0.1) is 0 Å². The lowest BCUT2D eigenvalue weighted by Gasteiger charge is -2.39. The molecule has 3 nitrogen and oxygen atoms in total. The third-order valence-electron chi connectivity index (χ3n) is 12.3. The molecule has 3 heterocycles. The molecule has 12 rings (SSSR count). The summed E-state index contributed by atoms with van der Waals surface area (Å²) in [6.07, 6.45) is -9.02. The van der Waals surface area contributed by atoms with Crippen molar-refractivity contribution in [1.29, 1.82) is 0 Å². The van der Waals surface area contributed by atoms with Crippen molar-refractivity contribution in [3.05, 3.63) is 203 Å². The summed E-state index contributed by atoms with van der Waals surface area (Å²) in [5.41, 5.74) is 10.5. The van der Waals surface area contributed by atoms with Gasteiger partial charge < -0.3 is 4.74 Å². The molecule has 0 atom stereocenters. The Kier molecular flexibility index (Phi) is 8.42. The number of rotatable bonds is 4. The van der Waals surface area contributed by atoms with E-state index in [2.05, 4.69) is 78.9 Å². The van der Waals surface area contributed by atoms with Gasteiger partial charge in [-0.3, -0.25) is 0 Å².